The van der Waals surface area contributed by atoms with E-state index in [4.69, 9.17) is 14.6 Å². The number of hydrogen-bond acceptors (Lipinski definition) is 5. The van der Waals surface area contributed by atoms with Crippen molar-refractivity contribution >= 4 is 17.8 Å². The number of carbonyl (C=O) groups excluding carboxylic acids is 2. The van der Waals surface area contributed by atoms with E-state index in [1.54, 1.807) is 0 Å². The minimum atomic E-state index is -0.898. The van der Waals surface area contributed by atoms with Gasteiger partial charge in [-0.3, -0.25) is 14.4 Å². The van der Waals surface area contributed by atoms with Gasteiger partial charge in [-0.15, -0.1) is 0 Å². The molecule has 3 saturated carbocycles. The summed E-state index contributed by atoms with van der Waals surface area (Å²) in [6.07, 6.45) is 8.48. The molecular formula is C27H33FN2O6. The summed E-state index contributed by atoms with van der Waals surface area (Å²) in [5.74, 6) is -2.89. The second kappa shape index (κ2) is 9.41. The molecule has 4 unspecified atom stereocenters. The molecule has 194 valence electrons. The van der Waals surface area contributed by atoms with Gasteiger partial charge in [-0.05, 0) is 55.4 Å². The minimum absolute atomic E-state index is 0.0432. The van der Waals surface area contributed by atoms with Crippen LogP contribution in [-0.4, -0.2) is 48.7 Å². The molecule has 1 aromatic carbocycles. The molecule has 0 aromatic heterocycles. The van der Waals surface area contributed by atoms with Gasteiger partial charge in [0.1, 0.15) is 11.9 Å². The molecule has 0 spiro atoms. The van der Waals surface area contributed by atoms with E-state index in [1.165, 1.54) is 19.6 Å². The second-order valence-electron chi connectivity index (χ2n) is 11.1. The Morgan fingerprint density at radius 2 is 1.83 bits per heavy atom. The van der Waals surface area contributed by atoms with Gasteiger partial charge in [-0.1, -0.05) is 25.5 Å². The van der Waals surface area contributed by atoms with Crippen molar-refractivity contribution in [2.45, 2.75) is 57.6 Å². The zero-order chi connectivity index (χ0) is 25.6. The van der Waals surface area contributed by atoms with Crippen LogP contribution in [0.1, 0.15) is 55.8 Å². The number of nitrogens with one attached hydrogen (secondary N) is 2. The first-order chi connectivity index (χ1) is 17.2. The summed E-state index contributed by atoms with van der Waals surface area (Å²) in [6, 6.07) is 2.03. The molecule has 0 heterocycles. The average molecular weight is 501 g/mol. The fourth-order valence-electron chi connectivity index (χ4n) is 6.00. The van der Waals surface area contributed by atoms with Crippen molar-refractivity contribution in [2.75, 3.05) is 13.7 Å². The highest BCUT2D eigenvalue weighted by molar-refractivity contribution is 5.98. The average Bonchev–Trinajstić information content (AvgIpc) is 3.40. The molecule has 36 heavy (non-hydrogen) atoms. The van der Waals surface area contributed by atoms with Crippen molar-refractivity contribution in [1.29, 1.82) is 0 Å². The molecule has 4 aliphatic carbocycles. The van der Waals surface area contributed by atoms with E-state index >= 15 is 0 Å². The molecular weight excluding hydrogens is 467 g/mol. The first-order valence-electron chi connectivity index (χ1n) is 12.7. The van der Waals surface area contributed by atoms with Gasteiger partial charge in [0, 0.05) is 18.7 Å². The number of halogens is 1. The summed E-state index contributed by atoms with van der Waals surface area (Å²) in [4.78, 5) is 37.6. The Labute approximate surface area is 209 Å². The molecule has 8 nitrogen and oxygen atoms in total. The second-order valence-corrected chi connectivity index (χ2v) is 11.1. The Hall–Kier alpha value is -3.10. The number of ether oxygens (including phenoxy) is 2. The van der Waals surface area contributed by atoms with Crippen molar-refractivity contribution in [1.82, 2.24) is 10.6 Å². The third-order valence-electron chi connectivity index (χ3n) is 8.55. The maximum Gasteiger partial charge on any atom is 0.306 e. The number of methoxy groups -OCH3 is 1. The molecule has 9 heteroatoms. The van der Waals surface area contributed by atoms with Crippen LogP contribution >= 0.6 is 0 Å². The summed E-state index contributed by atoms with van der Waals surface area (Å²) in [5, 5.41) is 15.2. The van der Waals surface area contributed by atoms with E-state index in [-0.39, 0.29) is 65.0 Å². The lowest BCUT2D eigenvalue weighted by Crippen LogP contribution is -2.50. The third-order valence-corrected chi connectivity index (χ3v) is 8.55. The van der Waals surface area contributed by atoms with Gasteiger partial charge >= 0.3 is 5.97 Å². The molecule has 3 fully saturated rings. The Morgan fingerprint density at radius 1 is 1.11 bits per heavy atom. The van der Waals surface area contributed by atoms with E-state index in [9.17, 15) is 18.8 Å². The van der Waals surface area contributed by atoms with Crippen molar-refractivity contribution < 1.29 is 33.4 Å². The number of allylic oxidation sites excluding steroid dienone is 1. The first kappa shape index (κ1) is 24.6. The van der Waals surface area contributed by atoms with Crippen LogP contribution in [0.4, 0.5) is 4.39 Å². The van der Waals surface area contributed by atoms with Crippen LogP contribution in [0.25, 0.3) is 0 Å². The smallest absolute Gasteiger partial charge is 0.306 e. The van der Waals surface area contributed by atoms with Gasteiger partial charge in [-0.25, -0.2) is 4.39 Å². The quantitative estimate of drug-likeness (QED) is 0.449. The van der Waals surface area contributed by atoms with Gasteiger partial charge in [0.15, 0.2) is 11.6 Å². The molecule has 0 saturated heterocycles. The molecule has 5 rings (SSSR count). The summed E-state index contributed by atoms with van der Waals surface area (Å²) >= 11 is 0. The molecule has 0 radical (unpaired) electrons. The molecule has 4 aliphatic rings. The van der Waals surface area contributed by atoms with Crippen LogP contribution in [0.2, 0.25) is 0 Å². The monoisotopic (exact) mass is 500 g/mol. The van der Waals surface area contributed by atoms with E-state index in [0.29, 0.717) is 6.54 Å². The number of aliphatic carboxylic acids is 1. The molecule has 4 atom stereocenters. The van der Waals surface area contributed by atoms with Crippen molar-refractivity contribution in [3.8, 4) is 11.5 Å². The first-order valence-corrected chi connectivity index (χ1v) is 12.7. The van der Waals surface area contributed by atoms with Crippen LogP contribution in [0.5, 0.6) is 11.5 Å². The molecule has 0 aliphatic heterocycles. The van der Waals surface area contributed by atoms with Gasteiger partial charge in [0.2, 0.25) is 5.91 Å². The highest BCUT2D eigenvalue weighted by Gasteiger charge is 2.49. The number of fused-ring (bicyclic) bond motifs is 2. The fourth-order valence-corrected chi connectivity index (χ4v) is 6.00. The predicted octanol–water partition coefficient (Wildman–Crippen LogP) is 3.30. The van der Waals surface area contributed by atoms with Crippen LogP contribution in [0.3, 0.4) is 0 Å². The largest absolute Gasteiger partial charge is 0.496 e. The Kier molecular flexibility index (Phi) is 6.43. The van der Waals surface area contributed by atoms with Gasteiger partial charge in [-0.2, -0.15) is 0 Å². The minimum Gasteiger partial charge on any atom is -0.496 e. The molecule has 2 bridgehead atoms. The van der Waals surface area contributed by atoms with E-state index in [0.717, 1.165) is 25.3 Å². The number of benzene rings is 1. The lowest BCUT2D eigenvalue weighted by Gasteiger charge is -2.39. The molecule has 3 N–H and O–H groups in total. The number of carbonyl (C=O) groups is 3. The summed E-state index contributed by atoms with van der Waals surface area (Å²) in [5.41, 5.74) is 0.265. The number of carboxylic acid groups (broad SMARTS) is 1. The lowest BCUT2D eigenvalue weighted by atomic mass is 9.70. The van der Waals surface area contributed by atoms with E-state index in [2.05, 4.69) is 29.7 Å². The van der Waals surface area contributed by atoms with Crippen molar-refractivity contribution in [3.63, 3.8) is 0 Å². The topological polar surface area (TPSA) is 114 Å². The zero-order valence-corrected chi connectivity index (χ0v) is 20.6. The summed E-state index contributed by atoms with van der Waals surface area (Å²) < 4.78 is 25.6. The Morgan fingerprint density at radius 3 is 2.47 bits per heavy atom. The number of rotatable bonds is 9. The Bertz CT molecular complexity index is 1090. The number of hydrogen-bond donors (Lipinski definition) is 3. The van der Waals surface area contributed by atoms with Crippen LogP contribution in [-0.2, 0) is 9.59 Å². The Balaban J connectivity index is 1.29. The van der Waals surface area contributed by atoms with Gasteiger partial charge in [0.05, 0.1) is 24.5 Å². The van der Waals surface area contributed by atoms with Gasteiger partial charge < -0.3 is 25.2 Å². The highest BCUT2D eigenvalue weighted by Crippen LogP contribution is 2.45. The van der Waals surface area contributed by atoms with Crippen molar-refractivity contribution in [3.05, 3.63) is 35.7 Å². The SMILES string of the molecule is COc1cc(F)c(OC2CC(C(=O)O)C2)cc1C(=O)NC1C2C=CC(C2)C1C(=O)NCC1(C)CCC1. The van der Waals surface area contributed by atoms with Crippen LogP contribution in [0, 0.1) is 34.9 Å². The number of amides is 2. The van der Waals surface area contributed by atoms with E-state index in [1.807, 2.05) is 0 Å². The van der Waals surface area contributed by atoms with E-state index < -0.39 is 29.7 Å². The van der Waals surface area contributed by atoms with Crippen molar-refractivity contribution in [2.24, 2.45) is 29.1 Å². The van der Waals surface area contributed by atoms with Gasteiger partial charge in [0.25, 0.3) is 5.91 Å². The maximum absolute atomic E-state index is 14.7. The normalized spacial score (nSPS) is 31.2. The fraction of sp³-hybridized carbons (Fsp3) is 0.593. The standard InChI is InChI=1S/C27H33FN2O6/c1-27(6-3-7-27)13-29-25(32)22-14-4-5-15(8-14)23(22)30-24(31)18-11-21(19(28)12-20(18)35-2)36-17-9-16(10-17)26(33)34/h4-5,11-12,14-17,22-23H,3,6-10,13H2,1-2H3,(H,29,32)(H,30,31)(H,33,34). The summed E-state index contributed by atoms with van der Waals surface area (Å²) in [6.45, 7) is 2.82. The lowest BCUT2D eigenvalue weighted by molar-refractivity contribution is -0.148. The highest BCUT2D eigenvalue weighted by atomic mass is 19.1. The predicted molar refractivity (Wildman–Crippen MR) is 128 cm³/mol. The summed E-state index contributed by atoms with van der Waals surface area (Å²) in [7, 11) is 1.35. The maximum atomic E-state index is 14.7. The zero-order valence-electron chi connectivity index (χ0n) is 20.6. The molecule has 1 aromatic rings. The third kappa shape index (κ3) is 4.55. The number of carboxylic acids is 1. The molecule has 2 amide bonds. The van der Waals surface area contributed by atoms with Crippen LogP contribution < -0.4 is 20.1 Å². The van der Waals surface area contributed by atoms with Crippen LogP contribution in [0.15, 0.2) is 24.3 Å².